The van der Waals surface area contributed by atoms with Crippen molar-refractivity contribution in [1.82, 2.24) is 9.13 Å². The monoisotopic (exact) mass is 584 g/mol. The van der Waals surface area contributed by atoms with Crippen LogP contribution in [0.2, 0.25) is 0 Å². The zero-order valence-electron chi connectivity index (χ0n) is 25.1. The third-order valence-electron chi connectivity index (χ3n) is 9.67. The van der Waals surface area contributed by atoms with Crippen molar-refractivity contribution in [2.75, 3.05) is 0 Å². The van der Waals surface area contributed by atoms with Crippen molar-refractivity contribution >= 4 is 65.2 Å². The van der Waals surface area contributed by atoms with E-state index in [-0.39, 0.29) is 0 Å². The van der Waals surface area contributed by atoms with Crippen LogP contribution in [0, 0.1) is 0 Å². The second-order valence-corrected chi connectivity index (χ2v) is 12.1. The van der Waals surface area contributed by atoms with E-state index in [1.807, 2.05) is 0 Å². The van der Waals surface area contributed by atoms with Crippen LogP contribution in [0.25, 0.3) is 87.7 Å². The number of para-hydroxylation sites is 2. The zero-order chi connectivity index (χ0) is 30.2. The highest BCUT2D eigenvalue weighted by atomic mass is 15.0. The molecule has 10 aromatic rings. The van der Waals surface area contributed by atoms with Crippen LogP contribution in [0.5, 0.6) is 0 Å². The number of hydrogen-bond acceptors (Lipinski definition) is 0. The molecule has 2 heterocycles. The maximum absolute atomic E-state index is 2.49. The molecule has 2 aromatic heterocycles. The largest absolute Gasteiger partial charge is 0.309 e. The average molecular weight is 585 g/mol. The Labute approximate surface area is 266 Å². The first-order valence-electron chi connectivity index (χ1n) is 15.9. The summed E-state index contributed by atoms with van der Waals surface area (Å²) in [7, 11) is 0. The van der Waals surface area contributed by atoms with Crippen molar-refractivity contribution in [2.45, 2.75) is 0 Å². The second-order valence-electron chi connectivity index (χ2n) is 12.1. The van der Waals surface area contributed by atoms with Gasteiger partial charge in [0.05, 0.1) is 27.8 Å². The summed E-state index contributed by atoms with van der Waals surface area (Å²) in [5, 5.41) is 10.1. The Balaban J connectivity index is 1.38. The molecular formula is C44H28N2. The van der Waals surface area contributed by atoms with Gasteiger partial charge in [-0.3, -0.25) is 0 Å². The van der Waals surface area contributed by atoms with E-state index in [1.165, 1.54) is 82.0 Å². The van der Waals surface area contributed by atoms with Gasteiger partial charge in [0.15, 0.2) is 0 Å². The van der Waals surface area contributed by atoms with E-state index in [0.29, 0.717) is 0 Å². The number of benzene rings is 8. The Kier molecular flexibility index (Phi) is 5.31. The highest BCUT2D eigenvalue weighted by Crippen LogP contribution is 2.43. The minimum absolute atomic E-state index is 1.16. The Morgan fingerprint density at radius 3 is 1.78 bits per heavy atom. The molecule has 0 N–H and O–H groups in total. The first kappa shape index (κ1) is 25.2. The predicted molar refractivity (Wildman–Crippen MR) is 196 cm³/mol. The molecular weight excluding hydrogens is 556 g/mol. The van der Waals surface area contributed by atoms with Crippen molar-refractivity contribution in [2.24, 2.45) is 0 Å². The van der Waals surface area contributed by atoms with Crippen molar-refractivity contribution in [3.05, 3.63) is 170 Å². The lowest BCUT2D eigenvalue weighted by Crippen LogP contribution is -1.97. The quantitative estimate of drug-likeness (QED) is 0.183. The highest BCUT2D eigenvalue weighted by Gasteiger charge is 2.22. The number of rotatable bonds is 3. The summed E-state index contributed by atoms with van der Waals surface area (Å²) in [6.45, 7) is 0. The van der Waals surface area contributed by atoms with Crippen LogP contribution >= 0.6 is 0 Å². The van der Waals surface area contributed by atoms with Gasteiger partial charge in [0.25, 0.3) is 0 Å². The summed E-state index contributed by atoms with van der Waals surface area (Å²) in [6, 6.07) is 61.9. The molecule has 0 fully saturated rings. The highest BCUT2D eigenvalue weighted by molar-refractivity contribution is 6.26. The number of aromatic nitrogens is 2. The molecule has 0 aliphatic heterocycles. The minimum atomic E-state index is 1.16. The summed E-state index contributed by atoms with van der Waals surface area (Å²) in [5.41, 5.74) is 9.66. The fourth-order valence-corrected chi connectivity index (χ4v) is 7.71. The molecule has 0 saturated carbocycles. The van der Waals surface area contributed by atoms with Crippen LogP contribution in [-0.2, 0) is 0 Å². The van der Waals surface area contributed by atoms with E-state index in [4.69, 9.17) is 0 Å². The van der Waals surface area contributed by atoms with Gasteiger partial charge in [0.1, 0.15) is 0 Å². The summed E-state index contributed by atoms with van der Waals surface area (Å²) in [5.74, 6) is 0. The molecule has 0 aliphatic carbocycles. The molecule has 8 aromatic carbocycles. The van der Waals surface area contributed by atoms with Crippen LogP contribution in [0.1, 0.15) is 0 Å². The molecule has 214 valence electrons. The fraction of sp³-hybridized carbons (Fsp3) is 0. The minimum Gasteiger partial charge on any atom is -0.309 e. The van der Waals surface area contributed by atoms with Crippen molar-refractivity contribution in [3.8, 4) is 22.5 Å². The Bertz CT molecular complexity index is 2800. The number of hydrogen-bond donors (Lipinski definition) is 0. The molecule has 2 nitrogen and oxygen atoms in total. The van der Waals surface area contributed by atoms with Gasteiger partial charge in [-0.25, -0.2) is 0 Å². The summed E-state index contributed by atoms with van der Waals surface area (Å²) in [4.78, 5) is 0. The topological polar surface area (TPSA) is 9.86 Å². The third kappa shape index (κ3) is 3.53. The fourth-order valence-electron chi connectivity index (χ4n) is 7.71. The lowest BCUT2D eigenvalue weighted by molar-refractivity contribution is 1.18. The molecule has 0 atom stereocenters. The lowest BCUT2D eigenvalue weighted by atomic mass is 10.00. The molecule has 0 aliphatic rings. The lowest BCUT2D eigenvalue weighted by Gasteiger charge is -2.14. The standard InChI is InChI=1S/C44H28N2/c1-2-13-29(14-3-1)30-16-12-17-32(27-30)45-39-23-10-8-21-36(39)37-25-26-41-43(44(37)45)38-22-9-11-24-40(38)46(41)42-28-31-15-4-5-18-33(31)34-19-6-7-20-35(34)42/h1-28H. The van der Waals surface area contributed by atoms with E-state index >= 15 is 0 Å². The summed E-state index contributed by atoms with van der Waals surface area (Å²) >= 11 is 0. The predicted octanol–water partition coefficient (Wildman–Crippen LogP) is 11.9. The third-order valence-corrected chi connectivity index (χ3v) is 9.67. The number of fused-ring (bicyclic) bond motifs is 10. The summed E-state index contributed by atoms with van der Waals surface area (Å²) < 4.78 is 4.97. The van der Waals surface area contributed by atoms with Crippen LogP contribution in [-0.4, -0.2) is 9.13 Å². The maximum atomic E-state index is 2.49. The van der Waals surface area contributed by atoms with Crippen molar-refractivity contribution in [1.29, 1.82) is 0 Å². The van der Waals surface area contributed by atoms with Gasteiger partial charge < -0.3 is 9.13 Å². The Morgan fingerprint density at radius 2 is 0.957 bits per heavy atom. The van der Waals surface area contributed by atoms with Gasteiger partial charge in [0.2, 0.25) is 0 Å². The molecule has 0 amide bonds. The average Bonchev–Trinajstić information content (AvgIpc) is 3.65. The normalized spacial score (nSPS) is 11.9. The van der Waals surface area contributed by atoms with Gasteiger partial charge >= 0.3 is 0 Å². The van der Waals surface area contributed by atoms with Crippen LogP contribution in [0.3, 0.4) is 0 Å². The molecule has 10 rings (SSSR count). The van der Waals surface area contributed by atoms with E-state index in [2.05, 4.69) is 179 Å². The Morgan fingerprint density at radius 1 is 0.326 bits per heavy atom. The SMILES string of the molecule is c1ccc(-c2cccc(-n3c4ccccc4c4ccc5c(c6ccccc6n5-c5cc6ccccc6c6ccccc56)c43)c2)cc1. The van der Waals surface area contributed by atoms with Gasteiger partial charge in [-0.15, -0.1) is 0 Å². The van der Waals surface area contributed by atoms with Gasteiger partial charge in [-0.1, -0.05) is 133 Å². The molecule has 0 unspecified atom stereocenters. The maximum Gasteiger partial charge on any atom is 0.0641 e. The smallest absolute Gasteiger partial charge is 0.0641 e. The van der Waals surface area contributed by atoms with E-state index < -0.39 is 0 Å². The van der Waals surface area contributed by atoms with E-state index in [9.17, 15) is 0 Å². The van der Waals surface area contributed by atoms with Gasteiger partial charge in [-0.05, 0) is 63.7 Å². The molecule has 2 heteroatoms. The first-order chi connectivity index (χ1) is 22.8. The molecule has 0 saturated heterocycles. The molecule has 0 bridgehead atoms. The second kappa shape index (κ2) is 9.69. The molecule has 46 heavy (non-hydrogen) atoms. The molecule has 0 radical (unpaired) electrons. The number of nitrogens with zero attached hydrogens (tertiary/aromatic N) is 2. The van der Waals surface area contributed by atoms with Gasteiger partial charge in [0, 0.05) is 32.6 Å². The Hall–Kier alpha value is -6.12. The van der Waals surface area contributed by atoms with Crippen LogP contribution in [0.15, 0.2) is 170 Å². The van der Waals surface area contributed by atoms with Gasteiger partial charge in [-0.2, -0.15) is 0 Å². The van der Waals surface area contributed by atoms with Crippen LogP contribution in [0.4, 0.5) is 0 Å². The zero-order valence-corrected chi connectivity index (χ0v) is 25.1. The van der Waals surface area contributed by atoms with E-state index in [1.54, 1.807) is 0 Å². The van der Waals surface area contributed by atoms with E-state index in [0.717, 1.165) is 5.69 Å². The first-order valence-corrected chi connectivity index (χ1v) is 15.9. The van der Waals surface area contributed by atoms with Crippen molar-refractivity contribution in [3.63, 3.8) is 0 Å². The summed E-state index contributed by atoms with van der Waals surface area (Å²) in [6.07, 6.45) is 0. The van der Waals surface area contributed by atoms with Crippen molar-refractivity contribution < 1.29 is 0 Å². The molecule has 0 spiro atoms. The van der Waals surface area contributed by atoms with Crippen LogP contribution < -0.4 is 0 Å².